The van der Waals surface area contributed by atoms with Crippen LogP contribution in [0.3, 0.4) is 0 Å². The molecule has 0 unspecified atom stereocenters. The van der Waals surface area contributed by atoms with E-state index in [9.17, 15) is 0 Å². The van der Waals surface area contributed by atoms with E-state index in [1.54, 1.807) is 6.07 Å². The Bertz CT molecular complexity index is 670. The lowest BCUT2D eigenvalue weighted by Gasteiger charge is -2.28. The van der Waals surface area contributed by atoms with Gasteiger partial charge in [0.1, 0.15) is 17.6 Å². The number of hydrogen-bond donors (Lipinski definition) is 0. The maximum Gasteiger partial charge on any atom is 0.142 e. The minimum absolute atomic E-state index is 0.461. The van der Waals surface area contributed by atoms with Gasteiger partial charge in [-0.05, 0) is 41.8 Å². The summed E-state index contributed by atoms with van der Waals surface area (Å²) in [7, 11) is 0. The lowest BCUT2D eigenvalue weighted by molar-refractivity contribution is 0.814. The van der Waals surface area contributed by atoms with Crippen molar-refractivity contribution in [3.05, 3.63) is 60.1 Å². The molecule has 1 aliphatic rings. The molecule has 0 radical (unpaired) electrons. The van der Waals surface area contributed by atoms with Crippen LogP contribution in [0.4, 0.5) is 5.82 Å². The van der Waals surface area contributed by atoms with Gasteiger partial charge in [-0.25, -0.2) is 4.98 Å². The Hall–Kier alpha value is -2.67. The summed E-state index contributed by atoms with van der Waals surface area (Å²) in [5.74, 6) is 0.865. The highest BCUT2D eigenvalue weighted by molar-refractivity contribution is 5.70. The Balaban J connectivity index is 1.84. The third-order valence-corrected chi connectivity index (χ3v) is 3.38. The van der Waals surface area contributed by atoms with Gasteiger partial charge in [0.2, 0.25) is 0 Å². The lowest BCUT2D eigenvalue weighted by atomic mass is 10.0. The summed E-state index contributed by atoms with van der Waals surface area (Å²) in [6.07, 6.45) is 6.86. The highest BCUT2D eigenvalue weighted by Crippen LogP contribution is 2.23. The van der Waals surface area contributed by atoms with Gasteiger partial charge in [0.05, 0.1) is 0 Å². The molecular weight excluding hydrogens is 248 g/mol. The van der Waals surface area contributed by atoms with Crippen molar-refractivity contribution >= 4 is 11.4 Å². The molecule has 0 amide bonds. The molecule has 20 heavy (non-hydrogen) atoms. The zero-order chi connectivity index (χ0) is 13.8. The van der Waals surface area contributed by atoms with Crippen molar-refractivity contribution in [1.82, 2.24) is 9.97 Å². The summed E-state index contributed by atoms with van der Waals surface area (Å²) >= 11 is 0. The number of anilines is 1. The van der Waals surface area contributed by atoms with Crippen LogP contribution < -0.4 is 4.90 Å². The quantitative estimate of drug-likeness (QED) is 0.835. The fourth-order valence-corrected chi connectivity index (χ4v) is 2.38. The average molecular weight is 262 g/mol. The third kappa shape index (κ3) is 2.52. The van der Waals surface area contributed by atoms with E-state index in [2.05, 4.69) is 27.0 Å². The predicted octanol–water partition coefficient (Wildman–Crippen LogP) is 2.64. The second-order valence-corrected chi connectivity index (χ2v) is 4.67. The molecule has 0 atom stereocenters. The molecule has 1 aliphatic heterocycles. The van der Waals surface area contributed by atoms with Gasteiger partial charge in [0.25, 0.3) is 0 Å². The third-order valence-electron chi connectivity index (χ3n) is 3.38. The van der Waals surface area contributed by atoms with Gasteiger partial charge in [0.15, 0.2) is 0 Å². The van der Waals surface area contributed by atoms with Crippen molar-refractivity contribution < 1.29 is 0 Å². The van der Waals surface area contributed by atoms with Crippen LogP contribution in [0.5, 0.6) is 0 Å². The van der Waals surface area contributed by atoms with Gasteiger partial charge < -0.3 is 4.90 Å². The molecule has 98 valence electrons. The van der Waals surface area contributed by atoms with Crippen LogP contribution in [0.2, 0.25) is 0 Å². The Labute approximate surface area is 118 Å². The minimum Gasteiger partial charge on any atom is -0.352 e. The van der Waals surface area contributed by atoms with Gasteiger partial charge in [-0.3, -0.25) is 4.98 Å². The Kier molecular flexibility index (Phi) is 3.42. The van der Waals surface area contributed by atoms with E-state index < -0.39 is 0 Å². The molecule has 0 bridgehead atoms. The van der Waals surface area contributed by atoms with Gasteiger partial charge in [-0.15, -0.1) is 0 Å². The fourth-order valence-electron chi connectivity index (χ4n) is 2.38. The van der Waals surface area contributed by atoms with Crippen molar-refractivity contribution in [1.29, 1.82) is 5.26 Å². The summed E-state index contributed by atoms with van der Waals surface area (Å²) in [4.78, 5) is 10.6. The molecule has 0 aliphatic carbocycles. The zero-order valence-corrected chi connectivity index (χ0v) is 11.0. The molecule has 4 heteroatoms. The van der Waals surface area contributed by atoms with Crippen LogP contribution in [0.15, 0.2) is 48.8 Å². The molecule has 2 aromatic rings. The number of nitriles is 1. The maximum absolute atomic E-state index is 8.94. The van der Waals surface area contributed by atoms with Crippen molar-refractivity contribution in [2.45, 2.75) is 6.42 Å². The number of hydrogen-bond acceptors (Lipinski definition) is 4. The molecule has 0 saturated heterocycles. The molecule has 4 nitrogen and oxygen atoms in total. The Morgan fingerprint density at radius 3 is 2.80 bits per heavy atom. The van der Waals surface area contributed by atoms with Crippen LogP contribution in [0.25, 0.3) is 5.57 Å². The summed E-state index contributed by atoms with van der Waals surface area (Å²) in [6.45, 7) is 1.74. The number of pyridine rings is 2. The molecule has 3 heterocycles. The van der Waals surface area contributed by atoms with Gasteiger partial charge in [0, 0.05) is 25.5 Å². The van der Waals surface area contributed by atoms with E-state index in [0.717, 1.165) is 25.3 Å². The highest BCUT2D eigenvalue weighted by Gasteiger charge is 2.15. The first-order valence-electron chi connectivity index (χ1n) is 6.58. The van der Waals surface area contributed by atoms with Crippen LogP contribution >= 0.6 is 0 Å². The van der Waals surface area contributed by atoms with E-state index in [4.69, 9.17) is 5.26 Å². The zero-order valence-electron chi connectivity index (χ0n) is 11.0. The standard InChI is InChI=1S/C16H14N4/c17-11-15-4-1-5-16(19-15)20-10-2-3-14(12-20)13-6-8-18-9-7-13/h1,3-9H,2,10,12H2. The predicted molar refractivity (Wildman–Crippen MR) is 78.0 cm³/mol. The topological polar surface area (TPSA) is 52.8 Å². The summed E-state index contributed by atoms with van der Waals surface area (Å²) < 4.78 is 0. The second-order valence-electron chi connectivity index (χ2n) is 4.67. The molecule has 0 saturated carbocycles. The molecule has 2 aromatic heterocycles. The fraction of sp³-hybridized carbons (Fsp3) is 0.188. The first-order chi connectivity index (χ1) is 9.86. The molecule has 0 spiro atoms. The van der Waals surface area contributed by atoms with Gasteiger partial charge >= 0.3 is 0 Å². The molecule has 0 N–H and O–H groups in total. The average Bonchev–Trinajstić information content (AvgIpc) is 2.56. The largest absolute Gasteiger partial charge is 0.352 e. The lowest BCUT2D eigenvalue weighted by Crippen LogP contribution is -2.30. The molecule has 3 rings (SSSR count). The summed E-state index contributed by atoms with van der Waals surface area (Å²) in [5, 5.41) is 8.94. The van der Waals surface area contributed by atoms with Crippen LogP contribution in [-0.4, -0.2) is 23.1 Å². The van der Waals surface area contributed by atoms with Crippen molar-refractivity contribution in [2.75, 3.05) is 18.0 Å². The van der Waals surface area contributed by atoms with Crippen molar-refractivity contribution in [3.8, 4) is 6.07 Å². The van der Waals surface area contributed by atoms with E-state index in [-0.39, 0.29) is 0 Å². The Morgan fingerprint density at radius 1 is 1.15 bits per heavy atom. The molecular formula is C16H14N4. The van der Waals surface area contributed by atoms with E-state index in [1.165, 1.54) is 11.1 Å². The van der Waals surface area contributed by atoms with Crippen LogP contribution in [-0.2, 0) is 0 Å². The van der Waals surface area contributed by atoms with Crippen molar-refractivity contribution in [2.24, 2.45) is 0 Å². The van der Waals surface area contributed by atoms with Crippen LogP contribution in [0.1, 0.15) is 17.7 Å². The monoisotopic (exact) mass is 262 g/mol. The van der Waals surface area contributed by atoms with E-state index >= 15 is 0 Å². The smallest absolute Gasteiger partial charge is 0.142 e. The SMILES string of the molecule is N#Cc1cccc(N2CCC=C(c3ccncc3)C2)n1. The highest BCUT2D eigenvalue weighted by atomic mass is 15.2. The van der Waals surface area contributed by atoms with E-state index in [0.29, 0.717) is 5.69 Å². The minimum atomic E-state index is 0.461. The van der Waals surface area contributed by atoms with Crippen LogP contribution in [0, 0.1) is 11.3 Å². The van der Waals surface area contributed by atoms with Gasteiger partial charge in [-0.1, -0.05) is 12.1 Å². The van der Waals surface area contributed by atoms with Crippen molar-refractivity contribution in [3.63, 3.8) is 0 Å². The maximum atomic E-state index is 8.94. The summed E-state index contributed by atoms with van der Waals surface area (Å²) in [5.41, 5.74) is 2.94. The first kappa shape index (κ1) is 12.4. The molecule has 0 aromatic carbocycles. The second kappa shape index (κ2) is 5.54. The first-order valence-corrected chi connectivity index (χ1v) is 6.58. The normalized spacial score (nSPS) is 14.6. The summed E-state index contributed by atoms with van der Waals surface area (Å²) in [6, 6.07) is 11.7. The number of aromatic nitrogens is 2. The number of nitrogens with zero attached hydrogens (tertiary/aromatic N) is 4. The number of rotatable bonds is 2. The van der Waals surface area contributed by atoms with Gasteiger partial charge in [-0.2, -0.15) is 5.26 Å². The van der Waals surface area contributed by atoms with E-state index in [1.807, 2.05) is 36.7 Å². The molecule has 0 fully saturated rings. The Morgan fingerprint density at radius 2 is 2.00 bits per heavy atom.